The fourth-order valence-corrected chi connectivity index (χ4v) is 5.23. The number of amides is 1. The fourth-order valence-electron chi connectivity index (χ4n) is 3.54. The van der Waals surface area contributed by atoms with Gasteiger partial charge in [-0.25, -0.2) is 13.1 Å². The number of benzene rings is 1. The van der Waals surface area contributed by atoms with Crippen LogP contribution in [0, 0.1) is 5.41 Å². The van der Waals surface area contributed by atoms with Crippen LogP contribution in [0.25, 0.3) is 5.69 Å². The number of carbonyl (C=O) groups excluding carboxylic acids is 1. The Bertz CT molecular complexity index is 984. The highest BCUT2D eigenvalue weighted by Gasteiger charge is 2.69. The smallest absolute Gasteiger partial charge is 0.341 e. The summed E-state index contributed by atoms with van der Waals surface area (Å²) in [5.41, 5.74) is -1.69. The van der Waals surface area contributed by atoms with Gasteiger partial charge >= 0.3 is 6.18 Å². The minimum atomic E-state index is -4.60. The zero-order valence-electron chi connectivity index (χ0n) is 14.6. The Kier molecular flexibility index (Phi) is 4.25. The van der Waals surface area contributed by atoms with Gasteiger partial charge in [0.2, 0.25) is 5.91 Å². The van der Waals surface area contributed by atoms with E-state index in [9.17, 15) is 26.4 Å². The number of hydrogen-bond acceptors (Lipinski definition) is 5. The van der Waals surface area contributed by atoms with E-state index >= 15 is 0 Å². The second-order valence-corrected chi connectivity index (χ2v) is 9.36. The molecule has 1 unspecified atom stereocenters. The molecule has 11 heteroatoms. The van der Waals surface area contributed by atoms with Crippen LogP contribution >= 0.6 is 0 Å². The molecule has 1 aliphatic heterocycles. The summed E-state index contributed by atoms with van der Waals surface area (Å²) in [5.74, 6) is -1.00. The zero-order chi connectivity index (χ0) is 20.2. The molecule has 1 saturated heterocycles. The van der Waals surface area contributed by atoms with Crippen LogP contribution in [0.4, 0.5) is 13.2 Å². The van der Waals surface area contributed by atoms with Crippen molar-refractivity contribution in [3.63, 3.8) is 0 Å². The minimum Gasteiger partial charge on any atom is -0.341 e. The quantitative estimate of drug-likeness (QED) is 0.764. The first kappa shape index (κ1) is 18.9. The summed E-state index contributed by atoms with van der Waals surface area (Å²) >= 11 is 0. The molecule has 1 amide bonds. The van der Waals surface area contributed by atoms with Gasteiger partial charge in [0.25, 0.3) is 0 Å². The van der Waals surface area contributed by atoms with Crippen LogP contribution in [-0.2, 0) is 14.6 Å². The molecule has 1 atom stereocenters. The standard InChI is InChI=1S/C17H17F3N4O3S/c18-17(19,20)16(6-7-16)15(25)23-9-5-14(11-23)28(26,27)13-3-1-12(2-4-13)24-10-8-21-22-24/h1-4,8,10,14H,5-7,9,11H2. The van der Waals surface area contributed by atoms with Gasteiger partial charge in [0, 0.05) is 13.1 Å². The summed E-state index contributed by atoms with van der Waals surface area (Å²) in [5, 5.41) is 6.57. The summed E-state index contributed by atoms with van der Waals surface area (Å²) in [6.07, 6.45) is -1.84. The lowest BCUT2D eigenvalue weighted by molar-refractivity contribution is -0.197. The summed E-state index contributed by atoms with van der Waals surface area (Å²) < 4.78 is 66.7. The van der Waals surface area contributed by atoms with Crippen LogP contribution in [0.1, 0.15) is 19.3 Å². The summed E-state index contributed by atoms with van der Waals surface area (Å²) in [4.78, 5) is 13.5. The molecular formula is C17H17F3N4O3S. The molecule has 4 rings (SSSR count). The summed E-state index contributed by atoms with van der Waals surface area (Å²) in [7, 11) is -3.77. The van der Waals surface area contributed by atoms with E-state index < -0.39 is 32.6 Å². The summed E-state index contributed by atoms with van der Waals surface area (Å²) in [6.45, 7) is -0.207. The number of carbonyl (C=O) groups is 1. The molecule has 0 N–H and O–H groups in total. The Morgan fingerprint density at radius 2 is 1.86 bits per heavy atom. The fraction of sp³-hybridized carbons (Fsp3) is 0.471. The van der Waals surface area contributed by atoms with Gasteiger partial charge < -0.3 is 4.90 Å². The molecule has 0 bridgehead atoms. The monoisotopic (exact) mass is 414 g/mol. The normalized spacial score (nSPS) is 21.7. The lowest BCUT2D eigenvalue weighted by atomic mass is 10.1. The number of alkyl halides is 3. The van der Waals surface area contributed by atoms with E-state index in [1.54, 1.807) is 18.3 Å². The number of aromatic nitrogens is 3. The van der Waals surface area contributed by atoms with Crippen molar-refractivity contribution in [3.8, 4) is 5.69 Å². The van der Waals surface area contributed by atoms with Crippen molar-refractivity contribution < 1.29 is 26.4 Å². The molecule has 7 nitrogen and oxygen atoms in total. The Morgan fingerprint density at radius 1 is 1.18 bits per heavy atom. The Morgan fingerprint density at radius 3 is 2.39 bits per heavy atom. The number of nitrogens with zero attached hydrogens (tertiary/aromatic N) is 4. The van der Waals surface area contributed by atoms with E-state index in [1.165, 1.54) is 23.0 Å². The molecule has 2 aromatic rings. The Labute approximate surface area is 159 Å². The first-order valence-corrected chi connectivity index (χ1v) is 10.3. The van der Waals surface area contributed by atoms with Crippen LogP contribution < -0.4 is 0 Å². The molecule has 28 heavy (non-hydrogen) atoms. The maximum Gasteiger partial charge on any atom is 0.403 e. The first-order chi connectivity index (χ1) is 13.1. The molecule has 1 aromatic carbocycles. The predicted octanol–water partition coefficient (Wildman–Crippen LogP) is 1.98. The number of rotatable bonds is 4. The third-order valence-electron chi connectivity index (χ3n) is 5.43. The van der Waals surface area contributed by atoms with Gasteiger partial charge in [-0.3, -0.25) is 4.79 Å². The van der Waals surface area contributed by atoms with Crippen molar-refractivity contribution in [1.82, 2.24) is 19.9 Å². The van der Waals surface area contributed by atoms with Crippen molar-refractivity contribution in [2.75, 3.05) is 13.1 Å². The number of likely N-dealkylation sites (tertiary alicyclic amines) is 1. The lowest BCUT2D eigenvalue weighted by Gasteiger charge is -2.25. The van der Waals surface area contributed by atoms with Crippen LogP contribution in [0.2, 0.25) is 0 Å². The zero-order valence-corrected chi connectivity index (χ0v) is 15.4. The molecule has 0 radical (unpaired) electrons. The van der Waals surface area contributed by atoms with E-state index in [0.29, 0.717) is 5.69 Å². The highest BCUT2D eigenvalue weighted by molar-refractivity contribution is 7.92. The largest absolute Gasteiger partial charge is 0.403 e. The molecule has 2 heterocycles. The van der Waals surface area contributed by atoms with Crippen molar-refractivity contribution in [1.29, 1.82) is 0 Å². The van der Waals surface area contributed by atoms with Crippen LogP contribution in [-0.4, -0.2) is 58.7 Å². The SMILES string of the molecule is O=C(N1CCC(S(=O)(=O)c2ccc(-n3ccnn3)cc2)C1)C1(C(F)(F)F)CC1. The lowest BCUT2D eigenvalue weighted by Crippen LogP contribution is -2.43. The van der Waals surface area contributed by atoms with E-state index in [2.05, 4.69) is 10.3 Å². The number of hydrogen-bond donors (Lipinski definition) is 0. The van der Waals surface area contributed by atoms with E-state index in [1.807, 2.05) is 0 Å². The average Bonchev–Trinajstić information content (AvgIpc) is 3.09. The second-order valence-electron chi connectivity index (χ2n) is 7.13. The van der Waals surface area contributed by atoms with Crippen molar-refractivity contribution in [2.24, 2.45) is 5.41 Å². The number of sulfone groups is 1. The van der Waals surface area contributed by atoms with Crippen LogP contribution in [0.15, 0.2) is 41.6 Å². The van der Waals surface area contributed by atoms with Gasteiger partial charge in [0.15, 0.2) is 9.84 Å². The average molecular weight is 414 g/mol. The van der Waals surface area contributed by atoms with Crippen LogP contribution in [0.5, 0.6) is 0 Å². The second kappa shape index (κ2) is 6.29. The van der Waals surface area contributed by atoms with Gasteiger partial charge in [0.05, 0.1) is 28.2 Å². The van der Waals surface area contributed by atoms with E-state index in [-0.39, 0.29) is 37.2 Å². The molecular weight excluding hydrogens is 397 g/mol. The molecule has 1 aliphatic carbocycles. The molecule has 2 aliphatic rings. The topological polar surface area (TPSA) is 85.2 Å². The first-order valence-electron chi connectivity index (χ1n) is 8.72. The minimum absolute atomic E-state index is 0.0115. The maximum absolute atomic E-state index is 13.2. The van der Waals surface area contributed by atoms with E-state index in [0.717, 1.165) is 4.90 Å². The number of halogens is 3. The molecule has 0 spiro atoms. The van der Waals surface area contributed by atoms with Crippen molar-refractivity contribution in [3.05, 3.63) is 36.7 Å². The molecule has 1 aromatic heterocycles. The van der Waals surface area contributed by atoms with E-state index in [4.69, 9.17) is 0 Å². The van der Waals surface area contributed by atoms with Crippen LogP contribution in [0.3, 0.4) is 0 Å². The van der Waals surface area contributed by atoms with Gasteiger partial charge in [-0.05, 0) is 43.5 Å². The van der Waals surface area contributed by atoms with Gasteiger partial charge in [0.1, 0.15) is 5.41 Å². The van der Waals surface area contributed by atoms with Gasteiger partial charge in [-0.1, -0.05) is 5.21 Å². The molecule has 150 valence electrons. The van der Waals surface area contributed by atoms with Crippen molar-refractivity contribution >= 4 is 15.7 Å². The third kappa shape index (κ3) is 2.97. The third-order valence-corrected chi connectivity index (χ3v) is 7.62. The Balaban J connectivity index is 1.50. The Hall–Kier alpha value is -2.43. The maximum atomic E-state index is 13.2. The predicted molar refractivity (Wildman–Crippen MR) is 91.3 cm³/mol. The summed E-state index contributed by atoms with van der Waals surface area (Å²) in [6, 6.07) is 5.99. The van der Waals surface area contributed by atoms with Gasteiger partial charge in [-0.2, -0.15) is 13.2 Å². The van der Waals surface area contributed by atoms with Gasteiger partial charge in [-0.15, -0.1) is 5.10 Å². The molecule has 1 saturated carbocycles. The highest BCUT2D eigenvalue weighted by Crippen LogP contribution is 2.58. The molecule has 2 fully saturated rings. The van der Waals surface area contributed by atoms with Crippen molar-refractivity contribution in [2.45, 2.75) is 35.6 Å². The highest BCUT2D eigenvalue weighted by atomic mass is 32.2.